The van der Waals surface area contributed by atoms with E-state index < -0.39 is 6.29 Å². The highest BCUT2D eigenvalue weighted by molar-refractivity contribution is 5.55. The highest BCUT2D eigenvalue weighted by Gasteiger charge is 2.18. The van der Waals surface area contributed by atoms with Crippen LogP contribution in [0.2, 0.25) is 0 Å². The number of hydrogen-bond donors (Lipinski definition) is 1. The van der Waals surface area contributed by atoms with Gasteiger partial charge in [0, 0.05) is 25.5 Å². The summed E-state index contributed by atoms with van der Waals surface area (Å²) in [6, 6.07) is 1.81. The van der Waals surface area contributed by atoms with Crippen LogP contribution in [0.3, 0.4) is 0 Å². The Morgan fingerprint density at radius 2 is 1.76 bits per heavy atom. The number of hydrogen-bond acceptors (Lipinski definition) is 5. The Balaban J connectivity index is 0.000000317. The molecular weight excluding hydrogens is 232 g/mol. The van der Waals surface area contributed by atoms with E-state index in [-0.39, 0.29) is 6.10 Å². The van der Waals surface area contributed by atoms with Gasteiger partial charge in [-0.15, -0.1) is 8.78 Å². The molecule has 1 fully saturated rings. The Labute approximate surface area is 97.1 Å². The Morgan fingerprint density at radius 3 is 2.24 bits per heavy atom. The molecule has 1 aliphatic heterocycles. The topological polar surface area (TPSA) is 66.3 Å². The first-order chi connectivity index (χ1) is 8.09. The highest BCUT2D eigenvalue weighted by Crippen LogP contribution is 2.14. The second-order valence-electron chi connectivity index (χ2n) is 3.49. The molecule has 1 saturated heterocycles. The molecule has 17 heavy (non-hydrogen) atoms. The van der Waals surface area contributed by atoms with Gasteiger partial charge in [-0.05, 0) is 18.9 Å². The average molecular weight is 245 g/mol. The number of nitrogens with zero attached hydrogens (tertiary/aromatic N) is 3. The van der Waals surface area contributed by atoms with Gasteiger partial charge in [0.1, 0.15) is 0 Å². The summed E-state index contributed by atoms with van der Waals surface area (Å²) in [7, 11) is 0. The molecule has 1 aliphatic rings. The quantitative estimate of drug-likeness (QED) is 0.759. The summed E-state index contributed by atoms with van der Waals surface area (Å²) in [6.07, 6.45) is 2.15. The number of anilines is 1. The number of piperidine rings is 1. The first-order valence-corrected chi connectivity index (χ1v) is 5.14. The summed E-state index contributed by atoms with van der Waals surface area (Å²) in [5.74, 6) is 0.773. The van der Waals surface area contributed by atoms with Crippen molar-refractivity contribution in [2.75, 3.05) is 18.0 Å². The molecule has 2 rings (SSSR count). The molecule has 0 bridgehead atoms. The summed E-state index contributed by atoms with van der Waals surface area (Å²) in [5.41, 5.74) is 0. The van der Waals surface area contributed by atoms with Crippen LogP contribution in [-0.2, 0) is 0 Å². The van der Waals surface area contributed by atoms with E-state index in [4.69, 9.17) is 4.79 Å². The molecule has 1 N–H and O–H groups in total. The van der Waals surface area contributed by atoms with Crippen molar-refractivity contribution in [3.05, 3.63) is 18.5 Å². The lowest BCUT2D eigenvalue weighted by molar-refractivity contribution is 0.145. The van der Waals surface area contributed by atoms with E-state index in [1.54, 1.807) is 12.4 Å². The van der Waals surface area contributed by atoms with Crippen LogP contribution in [0, 0.1) is 0 Å². The first kappa shape index (κ1) is 13.4. The van der Waals surface area contributed by atoms with E-state index in [0.717, 1.165) is 31.9 Å². The van der Waals surface area contributed by atoms with E-state index in [0.29, 0.717) is 0 Å². The van der Waals surface area contributed by atoms with Crippen LogP contribution in [0.4, 0.5) is 19.5 Å². The van der Waals surface area contributed by atoms with Crippen LogP contribution < -0.4 is 4.90 Å². The van der Waals surface area contributed by atoms with Gasteiger partial charge < -0.3 is 10.0 Å². The largest absolute Gasteiger partial charge is 0.483 e. The second-order valence-corrected chi connectivity index (χ2v) is 3.49. The van der Waals surface area contributed by atoms with Crippen LogP contribution in [0.1, 0.15) is 12.8 Å². The number of aromatic nitrogens is 2. The van der Waals surface area contributed by atoms with Crippen LogP contribution in [0.15, 0.2) is 18.5 Å². The number of carbonyl (C=O) groups is 1. The third-order valence-electron chi connectivity index (χ3n) is 2.30. The normalized spacial score (nSPS) is 16.1. The van der Waals surface area contributed by atoms with E-state index in [2.05, 4.69) is 14.9 Å². The summed E-state index contributed by atoms with van der Waals surface area (Å²) >= 11 is 0. The monoisotopic (exact) mass is 245 g/mol. The Morgan fingerprint density at radius 1 is 1.29 bits per heavy atom. The Kier molecular flexibility index (Phi) is 5.41. The SMILES string of the molecule is O=C(F)F.OC1CCN(c2ncccn2)CC1. The Hall–Kier alpha value is -1.63. The fourth-order valence-electron chi connectivity index (χ4n) is 1.52. The molecule has 0 spiro atoms. The van der Waals surface area contributed by atoms with Crippen LogP contribution in [0.25, 0.3) is 0 Å². The smallest absolute Gasteiger partial charge is 0.393 e. The third kappa shape index (κ3) is 5.30. The maximum atomic E-state index is 9.69. The molecule has 0 aromatic carbocycles. The van der Waals surface area contributed by atoms with Gasteiger partial charge >= 0.3 is 6.29 Å². The Bertz CT molecular complexity index is 339. The van der Waals surface area contributed by atoms with Crippen molar-refractivity contribution < 1.29 is 18.7 Å². The minimum atomic E-state index is -2.83. The van der Waals surface area contributed by atoms with Crippen molar-refractivity contribution >= 4 is 12.2 Å². The second kappa shape index (κ2) is 6.85. The van der Waals surface area contributed by atoms with Crippen LogP contribution in [0.5, 0.6) is 0 Å². The zero-order chi connectivity index (χ0) is 12.7. The lowest BCUT2D eigenvalue weighted by Gasteiger charge is -2.29. The molecule has 0 amide bonds. The van der Waals surface area contributed by atoms with Crippen molar-refractivity contribution in [1.29, 1.82) is 0 Å². The van der Waals surface area contributed by atoms with Crippen molar-refractivity contribution in [1.82, 2.24) is 9.97 Å². The maximum absolute atomic E-state index is 9.69. The van der Waals surface area contributed by atoms with E-state index in [9.17, 15) is 13.9 Å². The van der Waals surface area contributed by atoms with Crippen LogP contribution in [-0.4, -0.2) is 40.6 Å². The van der Waals surface area contributed by atoms with Crippen molar-refractivity contribution in [2.24, 2.45) is 0 Å². The van der Waals surface area contributed by atoms with Crippen molar-refractivity contribution in [3.63, 3.8) is 0 Å². The summed E-state index contributed by atoms with van der Waals surface area (Å²) in [5, 5.41) is 9.31. The lowest BCUT2D eigenvalue weighted by atomic mass is 10.1. The standard InChI is InChI=1S/C9H13N3O.CF2O/c13-8-2-6-12(7-3-8)9-10-4-1-5-11-9;2-1(3)4/h1,4-5,8,13H,2-3,6-7H2;. The van der Waals surface area contributed by atoms with Gasteiger partial charge in [0.05, 0.1) is 6.10 Å². The molecule has 7 heteroatoms. The number of carbonyl (C=O) groups excluding carboxylic acids is 1. The predicted molar refractivity (Wildman–Crippen MR) is 57.1 cm³/mol. The molecule has 0 unspecified atom stereocenters. The molecule has 94 valence electrons. The molecule has 1 aromatic heterocycles. The molecule has 1 aromatic rings. The molecule has 0 atom stereocenters. The summed E-state index contributed by atoms with van der Waals surface area (Å²) in [4.78, 5) is 18.5. The van der Waals surface area contributed by atoms with E-state index >= 15 is 0 Å². The molecule has 2 heterocycles. The minimum absolute atomic E-state index is 0.139. The van der Waals surface area contributed by atoms with Gasteiger partial charge in [-0.3, -0.25) is 0 Å². The number of aliphatic hydroxyl groups excluding tert-OH is 1. The lowest BCUT2D eigenvalue weighted by Crippen LogP contribution is -2.36. The van der Waals surface area contributed by atoms with Gasteiger partial charge in [-0.2, -0.15) is 0 Å². The summed E-state index contributed by atoms with van der Waals surface area (Å²) < 4.78 is 19.4. The fourth-order valence-corrected chi connectivity index (χ4v) is 1.52. The van der Waals surface area contributed by atoms with Gasteiger partial charge in [0.2, 0.25) is 5.95 Å². The van der Waals surface area contributed by atoms with Crippen molar-refractivity contribution in [2.45, 2.75) is 18.9 Å². The van der Waals surface area contributed by atoms with Gasteiger partial charge in [-0.25, -0.2) is 14.8 Å². The minimum Gasteiger partial charge on any atom is -0.393 e. The van der Waals surface area contributed by atoms with E-state index in [1.807, 2.05) is 6.07 Å². The summed E-state index contributed by atoms with van der Waals surface area (Å²) in [6.45, 7) is 1.70. The zero-order valence-electron chi connectivity index (χ0n) is 9.09. The third-order valence-corrected chi connectivity index (χ3v) is 2.30. The molecular formula is C10H13F2N3O2. The van der Waals surface area contributed by atoms with Crippen LogP contribution >= 0.6 is 0 Å². The van der Waals surface area contributed by atoms with E-state index in [1.165, 1.54) is 0 Å². The van der Waals surface area contributed by atoms with Crippen molar-refractivity contribution in [3.8, 4) is 0 Å². The maximum Gasteiger partial charge on any atom is 0.483 e. The number of aliphatic hydroxyl groups is 1. The zero-order valence-corrected chi connectivity index (χ0v) is 9.09. The fraction of sp³-hybridized carbons (Fsp3) is 0.500. The predicted octanol–water partition coefficient (Wildman–Crippen LogP) is 1.48. The molecule has 0 radical (unpaired) electrons. The number of halogens is 2. The van der Waals surface area contributed by atoms with Gasteiger partial charge in [0.25, 0.3) is 0 Å². The molecule has 5 nitrogen and oxygen atoms in total. The average Bonchev–Trinajstić information content (AvgIpc) is 2.30. The van der Waals surface area contributed by atoms with Gasteiger partial charge in [-0.1, -0.05) is 0 Å². The first-order valence-electron chi connectivity index (χ1n) is 5.14. The number of rotatable bonds is 1. The molecule has 0 saturated carbocycles. The highest BCUT2D eigenvalue weighted by atomic mass is 19.3. The molecule has 0 aliphatic carbocycles. The van der Waals surface area contributed by atoms with Gasteiger partial charge in [0.15, 0.2) is 0 Å².